The molecule has 0 radical (unpaired) electrons. The number of hydrogen-bond donors (Lipinski definition) is 1. The molecule has 0 spiro atoms. The van der Waals surface area contributed by atoms with Crippen molar-refractivity contribution in [3.8, 4) is 0 Å². The van der Waals surface area contributed by atoms with Crippen LogP contribution in [0.25, 0.3) is 0 Å². The molecule has 1 aliphatic rings. The Balaban J connectivity index is 2.17. The van der Waals surface area contributed by atoms with Crippen molar-refractivity contribution < 1.29 is 9.53 Å². The molecule has 0 aromatic heterocycles. The van der Waals surface area contributed by atoms with Crippen LogP contribution in [0.2, 0.25) is 0 Å². The lowest BCUT2D eigenvalue weighted by Gasteiger charge is -2.37. The van der Waals surface area contributed by atoms with E-state index in [1.54, 1.807) is 0 Å². The zero-order valence-electron chi connectivity index (χ0n) is 8.51. The number of carbonyl (C=O) groups excluding carboxylic acids is 1. The fraction of sp³-hybridized carbons (Fsp3) is 0.900. The van der Waals surface area contributed by atoms with E-state index in [9.17, 15) is 4.79 Å². The molecular weight excluding hydrogens is 166 g/mol. The van der Waals surface area contributed by atoms with Gasteiger partial charge in [-0.25, -0.2) is 0 Å². The SMILES string of the molecule is CC(C)COC(=O)CC1(N)CCC1. The Hall–Kier alpha value is -0.570. The predicted octanol–water partition coefficient (Wildman–Crippen LogP) is 1.46. The number of hydrogen-bond acceptors (Lipinski definition) is 3. The summed E-state index contributed by atoms with van der Waals surface area (Å²) in [5, 5.41) is 0. The molecule has 1 aliphatic carbocycles. The normalized spacial score (nSPS) is 19.7. The Bertz CT molecular complexity index is 185. The molecule has 1 saturated carbocycles. The first-order chi connectivity index (χ1) is 6.02. The molecule has 0 aromatic rings. The predicted molar refractivity (Wildman–Crippen MR) is 51.2 cm³/mol. The third-order valence-corrected chi connectivity index (χ3v) is 2.42. The van der Waals surface area contributed by atoms with Crippen molar-refractivity contribution in [1.29, 1.82) is 0 Å². The van der Waals surface area contributed by atoms with Gasteiger partial charge in [0.25, 0.3) is 0 Å². The van der Waals surface area contributed by atoms with Gasteiger partial charge in [0.05, 0.1) is 13.0 Å². The van der Waals surface area contributed by atoms with Crippen LogP contribution in [0.4, 0.5) is 0 Å². The van der Waals surface area contributed by atoms with E-state index in [-0.39, 0.29) is 11.5 Å². The Labute approximate surface area is 79.6 Å². The molecule has 0 amide bonds. The van der Waals surface area contributed by atoms with E-state index >= 15 is 0 Å². The number of ether oxygens (including phenoxy) is 1. The summed E-state index contributed by atoms with van der Waals surface area (Å²) in [6, 6.07) is 0. The minimum Gasteiger partial charge on any atom is -0.465 e. The highest BCUT2D eigenvalue weighted by molar-refractivity contribution is 5.71. The molecule has 13 heavy (non-hydrogen) atoms. The van der Waals surface area contributed by atoms with Gasteiger partial charge in [0.1, 0.15) is 0 Å². The second kappa shape index (κ2) is 4.09. The van der Waals surface area contributed by atoms with Gasteiger partial charge in [-0.2, -0.15) is 0 Å². The maximum atomic E-state index is 11.3. The van der Waals surface area contributed by atoms with Crippen LogP contribution in [0, 0.1) is 5.92 Å². The molecule has 1 rings (SSSR count). The molecule has 0 atom stereocenters. The molecule has 0 aromatic carbocycles. The van der Waals surface area contributed by atoms with Crippen molar-refractivity contribution in [3.63, 3.8) is 0 Å². The van der Waals surface area contributed by atoms with Gasteiger partial charge in [0.2, 0.25) is 0 Å². The van der Waals surface area contributed by atoms with E-state index in [2.05, 4.69) is 0 Å². The fourth-order valence-corrected chi connectivity index (χ4v) is 1.41. The summed E-state index contributed by atoms with van der Waals surface area (Å²) in [7, 11) is 0. The highest BCUT2D eigenvalue weighted by Crippen LogP contribution is 2.32. The van der Waals surface area contributed by atoms with E-state index in [0.29, 0.717) is 18.9 Å². The Kier molecular flexibility index (Phi) is 3.31. The lowest BCUT2D eigenvalue weighted by atomic mass is 9.75. The molecule has 0 bridgehead atoms. The quantitative estimate of drug-likeness (QED) is 0.674. The summed E-state index contributed by atoms with van der Waals surface area (Å²) in [6.45, 7) is 4.55. The largest absolute Gasteiger partial charge is 0.465 e. The Morgan fingerprint density at radius 2 is 2.15 bits per heavy atom. The average Bonchev–Trinajstić information content (AvgIpc) is 1.98. The first-order valence-corrected chi connectivity index (χ1v) is 4.96. The highest BCUT2D eigenvalue weighted by Gasteiger charge is 2.35. The number of nitrogens with two attached hydrogens (primary N) is 1. The van der Waals surface area contributed by atoms with E-state index in [1.165, 1.54) is 0 Å². The molecule has 1 fully saturated rings. The van der Waals surface area contributed by atoms with E-state index in [0.717, 1.165) is 19.3 Å². The number of carbonyl (C=O) groups is 1. The summed E-state index contributed by atoms with van der Waals surface area (Å²) in [5.74, 6) is 0.259. The molecule has 0 aliphatic heterocycles. The lowest BCUT2D eigenvalue weighted by molar-refractivity contribution is -0.147. The van der Waals surface area contributed by atoms with E-state index < -0.39 is 0 Å². The van der Waals surface area contributed by atoms with Gasteiger partial charge in [0.15, 0.2) is 0 Å². The summed E-state index contributed by atoms with van der Waals surface area (Å²) in [4.78, 5) is 11.3. The number of esters is 1. The van der Waals surface area contributed by atoms with Gasteiger partial charge in [-0.15, -0.1) is 0 Å². The Morgan fingerprint density at radius 1 is 1.54 bits per heavy atom. The van der Waals surface area contributed by atoms with Crippen LogP contribution < -0.4 is 5.73 Å². The standard InChI is InChI=1S/C10H19NO2/c1-8(2)7-13-9(12)6-10(11)4-3-5-10/h8H,3-7,11H2,1-2H3. The first kappa shape index (κ1) is 10.5. The van der Waals surface area contributed by atoms with Crippen molar-refractivity contribution in [2.24, 2.45) is 11.7 Å². The zero-order chi connectivity index (χ0) is 9.90. The molecule has 2 N–H and O–H groups in total. The van der Waals surface area contributed by atoms with Crippen molar-refractivity contribution in [1.82, 2.24) is 0 Å². The maximum Gasteiger partial charge on any atom is 0.307 e. The van der Waals surface area contributed by atoms with Crippen LogP contribution >= 0.6 is 0 Å². The lowest BCUT2D eigenvalue weighted by Crippen LogP contribution is -2.48. The van der Waals surface area contributed by atoms with Gasteiger partial charge in [-0.1, -0.05) is 13.8 Å². The van der Waals surface area contributed by atoms with Crippen LogP contribution in [0.5, 0.6) is 0 Å². The molecule has 0 saturated heterocycles. The summed E-state index contributed by atoms with van der Waals surface area (Å²) < 4.78 is 5.06. The van der Waals surface area contributed by atoms with Crippen LogP contribution in [0.3, 0.4) is 0 Å². The van der Waals surface area contributed by atoms with Gasteiger partial charge in [-0.05, 0) is 25.2 Å². The summed E-state index contributed by atoms with van der Waals surface area (Å²) >= 11 is 0. The third kappa shape index (κ3) is 3.35. The molecule has 0 heterocycles. The van der Waals surface area contributed by atoms with E-state index in [4.69, 9.17) is 10.5 Å². The second-order valence-corrected chi connectivity index (χ2v) is 4.47. The average molecular weight is 185 g/mol. The van der Waals surface area contributed by atoms with Crippen molar-refractivity contribution >= 4 is 5.97 Å². The maximum absolute atomic E-state index is 11.3. The van der Waals surface area contributed by atoms with Crippen molar-refractivity contribution in [2.75, 3.05) is 6.61 Å². The minimum absolute atomic E-state index is 0.143. The molecule has 3 nitrogen and oxygen atoms in total. The van der Waals surface area contributed by atoms with Crippen LogP contribution in [0.1, 0.15) is 39.5 Å². The van der Waals surface area contributed by atoms with Crippen LogP contribution in [-0.4, -0.2) is 18.1 Å². The fourth-order valence-electron chi connectivity index (χ4n) is 1.41. The van der Waals surface area contributed by atoms with E-state index in [1.807, 2.05) is 13.8 Å². The molecule has 76 valence electrons. The Morgan fingerprint density at radius 3 is 2.54 bits per heavy atom. The summed E-state index contributed by atoms with van der Waals surface area (Å²) in [5.41, 5.74) is 5.67. The highest BCUT2D eigenvalue weighted by atomic mass is 16.5. The van der Waals surface area contributed by atoms with Gasteiger partial charge in [-0.3, -0.25) is 4.79 Å². The van der Waals surface area contributed by atoms with Gasteiger partial charge in [0, 0.05) is 5.54 Å². The van der Waals surface area contributed by atoms with Gasteiger partial charge >= 0.3 is 5.97 Å². The second-order valence-electron chi connectivity index (χ2n) is 4.47. The summed E-state index contributed by atoms with van der Waals surface area (Å²) in [6.07, 6.45) is 3.46. The first-order valence-electron chi connectivity index (χ1n) is 4.96. The van der Waals surface area contributed by atoms with Crippen molar-refractivity contribution in [2.45, 2.75) is 45.1 Å². The van der Waals surface area contributed by atoms with Crippen LogP contribution in [0.15, 0.2) is 0 Å². The van der Waals surface area contributed by atoms with Crippen LogP contribution in [-0.2, 0) is 9.53 Å². The monoisotopic (exact) mass is 185 g/mol. The third-order valence-electron chi connectivity index (χ3n) is 2.42. The minimum atomic E-state index is -0.242. The molecule has 3 heteroatoms. The molecular formula is C10H19NO2. The topological polar surface area (TPSA) is 52.3 Å². The smallest absolute Gasteiger partial charge is 0.307 e. The zero-order valence-corrected chi connectivity index (χ0v) is 8.51. The number of rotatable bonds is 4. The van der Waals surface area contributed by atoms with Gasteiger partial charge < -0.3 is 10.5 Å². The molecule has 0 unspecified atom stereocenters. The van der Waals surface area contributed by atoms with Crippen molar-refractivity contribution in [3.05, 3.63) is 0 Å².